The van der Waals surface area contributed by atoms with Crippen LogP contribution in [0.1, 0.15) is 33.1 Å². The van der Waals surface area contributed by atoms with Crippen molar-refractivity contribution in [2.45, 2.75) is 45.3 Å². The molecular weight excluding hydrogens is 336 g/mol. The van der Waals surface area contributed by atoms with Gasteiger partial charge in [-0.1, -0.05) is 49.2 Å². The van der Waals surface area contributed by atoms with Gasteiger partial charge in [-0.15, -0.1) is 0 Å². The van der Waals surface area contributed by atoms with Crippen LogP contribution < -0.4 is 5.32 Å². The number of nitrogens with one attached hydrogen (secondary N) is 1. The number of unbranched alkanes of at least 4 members (excludes halogenated alkanes) is 2. The number of urea groups is 1. The molecule has 0 aromatic rings. The van der Waals surface area contributed by atoms with Gasteiger partial charge in [-0.3, -0.25) is 10.1 Å². The van der Waals surface area contributed by atoms with Gasteiger partial charge in [-0.05, 0) is 13.3 Å². The van der Waals surface area contributed by atoms with Crippen molar-refractivity contribution in [3.05, 3.63) is 11.1 Å². The molecule has 0 bridgehead atoms. The summed E-state index contributed by atoms with van der Waals surface area (Å²) < 4.78 is 0. The van der Waals surface area contributed by atoms with Gasteiger partial charge in [0.15, 0.2) is 17.4 Å². The van der Waals surface area contributed by atoms with E-state index in [1.807, 2.05) is 17.9 Å². The lowest BCUT2D eigenvalue weighted by Crippen LogP contribution is -2.63. The van der Waals surface area contributed by atoms with Gasteiger partial charge in [0.05, 0.1) is 0 Å². The molecule has 2 unspecified atom stereocenters. The fourth-order valence-corrected chi connectivity index (χ4v) is 3.82. The molecule has 1 saturated heterocycles. The van der Waals surface area contributed by atoms with Crippen LogP contribution in [0, 0.1) is 0 Å². The van der Waals surface area contributed by atoms with E-state index in [9.17, 15) is 9.59 Å². The topological polar surface area (TPSA) is 65.0 Å². The van der Waals surface area contributed by atoms with Crippen LogP contribution in [-0.2, 0) is 4.79 Å². The molecule has 2 aliphatic heterocycles. The number of imide groups is 1. The molecule has 0 aromatic heterocycles. The second-order valence-corrected chi connectivity index (χ2v) is 7.26. The van der Waals surface area contributed by atoms with E-state index in [1.165, 1.54) is 4.90 Å². The van der Waals surface area contributed by atoms with Crippen molar-refractivity contribution in [1.82, 2.24) is 15.1 Å². The van der Waals surface area contributed by atoms with Gasteiger partial charge in [0.1, 0.15) is 0 Å². The molecule has 1 N–H and O–H groups in total. The highest BCUT2D eigenvalue weighted by Gasteiger charge is 2.48. The largest absolute Gasteiger partial charge is 0.336 e. The number of amidine groups is 1. The van der Waals surface area contributed by atoms with Crippen molar-refractivity contribution >= 4 is 40.5 Å². The Morgan fingerprint density at radius 1 is 1.43 bits per heavy atom. The summed E-state index contributed by atoms with van der Waals surface area (Å²) in [6, 6.07) is -0.825. The Kier molecular flexibility index (Phi) is 6.35. The van der Waals surface area contributed by atoms with Gasteiger partial charge >= 0.3 is 6.03 Å². The summed E-state index contributed by atoms with van der Waals surface area (Å²) in [6.07, 6.45) is 4.68. The zero-order chi connectivity index (χ0) is 17.0. The van der Waals surface area contributed by atoms with Crippen LogP contribution in [0.5, 0.6) is 0 Å². The molecule has 128 valence electrons. The molecular formula is C15H23ClN4O2S. The van der Waals surface area contributed by atoms with Crippen LogP contribution in [0.15, 0.2) is 16.1 Å². The molecule has 2 heterocycles. The molecule has 0 radical (unpaired) electrons. The van der Waals surface area contributed by atoms with Crippen molar-refractivity contribution in [2.75, 3.05) is 19.3 Å². The number of hydrogen-bond acceptors (Lipinski definition) is 5. The first-order valence-corrected chi connectivity index (χ1v) is 9.19. The Labute approximate surface area is 146 Å². The van der Waals surface area contributed by atoms with Gasteiger partial charge in [-0.25, -0.2) is 9.79 Å². The van der Waals surface area contributed by atoms with Gasteiger partial charge in [-0.2, -0.15) is 0 Å². The van der Waals surface area contributed by atoms with E-state index in [2.05, 4.69) is 17.2 Å². The number of allylic oxidation sites excluding steroid dienone is 1. The molecule has 3 amide bonds. The van der Waals surface area contributed by atoms with Crippen LogP contribution >= 0.6 is 23.4 Å². The number of thioether (sulfide) groups is 1. The van der Waals surface area contributed by atoms with Gasteiger partial charge in [0, 0.05) is 24.4 Å². The van der Waals surface area contributed by atoms with E-state index in [0.29, 0.717) is 5.75 Å². The van der Waals surface area contributed by atoms with E-state index in [0.717, 1.165) is 36.0 Å². The average molecular weight is 359 g/mol. The SMILES string of the molecule is CCCCCN1C(SC/C=C(/C)Cl)=NC2C1C(=O)NC(=O)N2C. The predicted octanol–water partition coefficient (Wildman–Crippen LogP) is 2.60. The molecule has 2 rings (SSSR count). The zero-order valence-electron chi connectivity index (χ0n) is 13.7. The summed E-state index contributed by atoms with van der Waals surface area (Å²) in [6.45, 7) is 4.74. The normalized spacial score (nSPS) is 24.7. The Hall–Kier alpha value is -1.21. The first-order chi connectivity index (χ1) is 11.0. The van der Waals surface area contributed by atoms with E-state index in [-0.39, 0.29) is 5.91 Å². The van der Waals surface area contributed by atoms with Gasteiger partial charge in [0.25, 0.3) is 5.91 Å². The molecule has 8 heteroatoms. The number of halogens is 1. The smallest absolute Gasteiger partial charge is 0.325 e. The van der Waals surface area contributed by atoms with E-state index < -0.39 is 18.2 Å². The Morgan fingerprint density at radius 3 is 2.83 bits per heavy atom. The first-order valence-electron chi connectivity index (χ1n) is 7.82. The monoisotopic (exact) mass is 358 g/mol. The van der Waals surface area contributed by atoms with Crippen LogP contribution in [0.4, 0.5) is 4.79 Å². The van der Waals surface area contributed by atoms with Gasteiger partial charge in [0.2, 0.25) is 0 Å². The Balaban J connectivity index is 2.16. The van der Waals surface area contributed by atoms with Gasteiger partial charge < -0.3 is 9.80 Å². The van der Waals surface area contributed by atoms with Crippen LogP contribution in [0.25, 0.3) is 0 Å². The Morgan fingerprint density at radius 2 is 2.17 bits per heavy atom. The maximum absolute atomic E-state index is 12.3. The first kappa shape index (κ1) is 18.1. The summed E-state index contributed by atoms with van der Waals surface area (Å²) in [7, 11) is 1.67. The second kappa shape index (κ2) is 8.06. The number of aliphatic imine (C=N–C) groups is 1. The molecule has 2 aliphatic rings. The molecule has 0 spiro atoms. The highest BCUT2D eigenvalue weighted by atomic mass is 35.5. The number of nitrogens with zero attached hydrogens (tertiary/aromatic N) is 3. The van der Waals surface area contributed by atoms with Crippen LogP contribution in [0.3, 0.4) is 0 Å². The minimum atomic E-state index is -0.443. The summed E-state index contributed by atoms with van der Waals surface area (Å²) in [5, 5.41) is 3.95. The number of carbonyl (C=O) groups excluding carboxylic acids is 2. The fourth-order valence-electron chi connectivity index (χ4n) is 2.62. The number of amides is 3. The number of carbonyl (C=O) groups is 2. The third kappa shape index (κ3) is 4.20. The van der Waals surface area contributed by atoms with E-state index in [4.69, 9.17) is 11.6 Å². The number of likely N-dealkylation sites (N-methyl/N-ethyl adjacent to an activating group) is 1. The predicted molar refractivity (Wildman–Crippen MR) is 94.6 cm³/mol. The van der Waals surface area contributed by atoms with Crippen LogP contribution in [0.2, 0.25) is 0 Å². The summed E-state index contributed by atoms with van der Waals surface area (Å²) >= 11 is 7.41. The molecule has 0 aromatic carbocycles. The van der Waals surface area contributed by atoms with E-state index >= 15 is 0 Å². The van der Waals surface area contributed by atoms with Crippen molar-refractivity contribution < 1.29 is 9.59 Å². The molecule has 1 fully saturated rings. The Bertz CT molecular complexity index is 534. The van der Waals surface area contributed by atoms with E-state index in [1.54, 1.807) is 18.8 Å². The number of hydrogen-bond donors (Lipinski definition) is 1. The molecule has 0 aliphatic carbocycles. The van der Waals surface area contributed by atoms with Crippen molar-refractivity contribution in [1.29, 1.82) is 0 Å². The summed E-state index contributed by atoms with van der Waals surface area (Å²) in [4.78, 5) is 32.2. The number of rotatable bonds is 6. The molecule has 0 saturated carbocycles. The lowest BCUT2D eigenvalue weighted by Gasteiger charge is -2.36. The van der Waals surface area contributed by atoms with Crippen LogP contribution in [-0.4, -0.2) is 58.5 Å². The molecule has 6 nitrogen and oxygen atoms in total. The summed E-state index contributed by atoms with van der Waals surface area (Å²) in [5.74, 6) is 0.426. The zero-order valence-corrected chi connectivity index (χ0v) is 15.3. The highest BCUT2D eigenvalue weighted by Crippen LogP contribution is 2.29. The fraction of sp³-hybridized carbons (Fsp3) is 0.667. The minimum Gasteiger partial charge on any atom is -0.336 e. The third-order valence-electron chi connectivity index (χ3n) is 3.90. The average Bonchev–Trinajstić information content (AvgIpc) is 2.84. The number of fused-ring (bicyclic) bond motifs is 1. The van der Waals surface area contributed by atoms with Crippen molar-refractivity contribution in [2.24, 2.45) is 4.99 Å². The lowest BCUT2D eigenvalue weighted by molar-refractivity contribution is -0.127. The molecule has 23 heavy (non-hydrogen) atoms. The maximum Gasteiger partial charge on any atom is 0.325 e. The maximum atomic E-state index is 12.3. The second-order valence-electron chi connectivity index (χ2n) is 5.68. The highest BCUT2D eigenvalue weighted by molar-refractivity contribution is 8.13. The standard InChI is InChI=1S/C15H23ClN4O2S/c1-4-5-6-8-20-11-12(19(3)14(22)18-13(11)21)17-15(20)23-9-7-10(2)16/h7,11-12H,4-6,8-9H2,1-3H3,(H,18,21,22)/b10-7-. The molecule has 2 atom stereocenters. The third-order valence-corrected chi connectivity index (χ3v) is 4.99. The summed E-state index contributed by atoms with van der Waals surface area (Å²) in [5.41, 5.74) is 0. The van der Waals surface area contributed by atoms with Crippen molar-refractivity contribution in [3.8, 4) is 0 Å². The quantitative estimate of drug-likeness (QED) is 0.741. The lowest BCUT2D eigenvalue weighted by atomic mass is 10.1. The van der Waals surface area contributed by atoms with Crippen molar-refractivity contribution in [3.63, 3.8) is 0 Å². The minimum absolute atomic E-state index is 0.266.